The number of carboxylic acids is 2. The number of nitrogens with zero attached hydrogens (tertiary/aromatic N) is 2. The molecule has 2 aromatic rings. The van der Waals surface area contributed by atoms with Gasteiger partial charge >= 0.3 is 11.9 Å². The summed E-state index contributed by atoms with van der Waals surface area (Å²) < 4.78 is 0. The molecule has 1 aliphatic rings. The molecule has 0 spiro atoms. The number of thioether (sulfide) groups is 1. The minimum Gasteiger partial charge on any atom is -0.480 e. The average Bonchev–Trinajstić information content (AvgIpc) is 3.21. The van der Waals surface area contributed by atoms with E-state index in [0.29, 0.717) is 18.6 Å². The van der Waals surface area contributed by atoms with E-state index in [2.05, 4.69) is 10.3 Å². The molecule has 3 rings (SSSR count). The standard InChI is InChI=1S/C20H23N3O5S2/c24-18(25)9-23-8-17(15-10-29-12-21-15)30-11-16(19(23)26)22-14(20(27)28)7-6-13-4-2-1-3-5-13/h1-5,10,12,14,16-17,22H,6-9,11H2,(H,24,25)(H,27,28). The molecule has 160 valence electrons. The largest absolute Gasteiger partial charge is 0.480 e. The van der Waals surface area contributed by atoms with Crippen molar-refractivity contribution in [3.63, 3.8) is 0 Å². The first kappa shape index (κ1) is 22.3. The number of aromatic nitrogens is 1. The molecule has 2 heterocycles. The van der Waals surface area contributed by atoms with Gasteiger partial charge in [-0.2, -0.15) is 0 Å². The second kappa shape index (κ2) is 10.6. The molecule has 3 N–H and O–H groups in total. The van der Waals surface area contributed by atoms with Crippen LogP contribution in [0, 0.1) is 0 Å². The summed E-state index contributed by atoms with van der Waals surface area (Å²) in [6.45, 7) is -0.209. The number of hydrogen-bond donors (Lipinski definition) is 3. The highest BCUT2D eigenvalue weighted by atomic mass is 32.2. The quantitative estimate of drug-likeness (QED) is 0.531. The topological polar surface area (TPSA) is 120 Å². The van der Waals surface area contributed by atoms with E-state index >= 15 is 0 Å². The first-order valence-corrected chi connectivity index (χ1v) is 11.5. The molecule has 1 fully saturated rings. The zero-order valence-corrected chi connectivity index (χ0v) is 17.8. The number of nitrogens with one attached hydrogen (secondary N) is 1. The molecule has 10 heteroatoms. The third-order valence-electron chi connectivity index (χ3n) is 4.83. The number of carbonyl (C=O) groups excluding carboxylic acids is 1. The Labute approximate surface area is 182 Å². The highest BCUT2D eigenvalue weighted by molar-refractivity contribution is 7.99. The van der Waals surface area contributed by atoms with Gasteiger partial charge in [-0.05, 0) is 18.4 Å². The Morgan fingerprint density at radius 3 is 2.67 bits per heavy atom. The molecule has 0 saturated carbocycles. The van der Waals surface area contributed by atoms with E-state index in [4.69, 9.17) is 0 Å². The third-order valence-corrected chi connectivity index (χ3v) is 6.76. The van der Waals surface area contributed by atoms with Crippen LogP contribution in [0.25, 0.3) is 0 Å². The molecule has 1 aromatic carbocycles. The number of thiazole rings is 1. The van der Waals surface area contributed by atoms with Crippen LogP contribution in [0.5, 0.6) is 0 Å². The smallest absolute Gasteiger partial charge is 0.323 e. The average molecular weight is 450 g/mol. The lowest BCUT2D eigenvalue weighted by Crippen LogP contribution is -2.53. The fourth-order valence-electron chi connectivity index (χ4n) is 3.31. The molecule has 3 atom stereocenters. The van der Waals surface area contributed by atoms with Crippen LogP contribution in [-0.4, -0.2) is 68.9 Å². The Hall–Kier alpha value is -2.43. The van der Waals surface area contributed by atoms with Gasteiger partial charge in [0.05, 0.1) is 22.5 Å². The van der Waals surface area contributed by atoms with Gasteiger partial charge in [-0.15, -0.1) is 23.1 Å². The van der Waals surface area contributed by atoms with E-state index < -0.39 is 36.5 Å². The monoisotopic (exact) mass is 449 g/mol. The Bertz CT molecular complexity index is 863. The Morgan fingerprint density at radius 1 is 1.27 bits per heavy atom. The fourth-order valence-corrected chi connectivity index (χ4v) is 5.25. The molecule has 0 radical (unpaired) electrons. The zero-order valence-electron chi connectivity index (χ0n) is 16.1. The van der Waals surface area contributed by atoms with Gasteiger partial charge in [-0.25, -0.2) is 4.98 Å². The summed E-state index contributed by atoms with van der Waals surface area (Å²) in [7, 11) is 0. The number of aryl methyl sites for hydroxylation is 1. The lowest BCUT2D eigenvalue weighted by molar-refractivity contribution is -0.146. The summed E-state index contributed by atoms with van der Waals surface area (Å²) in [4.78, 5) is 41.7. The van der Waals surface area contributed by atoms with E-state index in [9.17, 15) is 24.6 Å². The Kier molecular flexibility index (Phi) is 7.83. The van der Waals surface area contributed by atoms with Gasteiger partial charge in [0.25, 0.3) is 0 Å². The van der Waals surface area contributed by atoms with Crippen molar-refractivity contribution in [1.29, 1.82) is 0 Å². The summed E-state index contributed by atoms with van der Waals surface area (Å²) in [6, 6.07) is 7.85. The molecular weight excluding hydrogens is 426 g/mol. The summed E-state index contributed by atoms with van der Waals surface area (Å²) in [5, 5.41) is 23.6. The minimum atomic E-state index is -1.11. The Morgan fingerprint density at radius 2 is 2.03 bits per heavy atom. The molecule has 1 aromatic heterocycles. The van der Waals surface area contributed by atoms with Crippen LogP contribution >= 0.6 is 23.1 Å². The van der Waals surface area contributed by atoms with Gasteiger partial charge in [0, 0.05) is 17.7 Å². The highest BCUT2D eigenvalue weighted by Gasteiger charge is 2.35. The number of aliphatic carboxylic acids is 2. The van der Waals surface area contributed by atoms with E-state index in [0.717, 1.165) is 11.3 Å². The number of benzene rings is 1. The number of hydrogen-bond acceptors (Lipinski definition) is 7. The van der Waals surface area contributed by atoms with Crippen molar-refractivity contribution in [3.05, 3.63) is 52.5 Å². The molecule has 3 unspecified atom stereocenters. The Balaban J connectivity index is 1.72. The maximum Gasteiger partial charge on any atom is 0.323 e. The van der Waals surface area contributed by atoms with Gasteiger partial charge < -0.3 is 15.1 Å². The summed E-state index contributed by atoms with van der Waals surface area (Å²) >= 11 is 2.92. The van der Waals surface area contributed by atoms with Crippen molar-refractivity contribution >= 4 is 40.9 Å². The first-order valence-electron chi connectivity index (χ1n) is 9.47. The molecule has 30 heavy (non-hydrogen) atoms. The zero-order chi connectivity index (χ0) is 21.5. The molecule has 1 aliphatic heterocycles. The maximum absolute atomic E-state index is 13.0. The lowest BCUT2D eigenvalue weighted by atomic mass is 10.0. The van der Waals surface area contributed by atoms with Crippen LogP contribution in [0.1, 0.15) is 22.9 Å². The van der Waals surface area contributed by atoms with Crippen LogP contribution in [0.3, 0.4) is 0 Å². The summed E-state index contributed by atoms with van der Waals surface area (Å²) in [5.74, 6) is -2.20. The van der Waals surface area contributed by atoms with Gasteiger partial charge in [0.1, 0.15) is 12.6 Å². The van der Waals surface area contributed by atoms with Crippen molar-refractivity contribution in [2.75, 3.05) is 18.8 Å². The van der Waals surface area contributed by atoms with Crippen molar-refractivity contribution in [3.8, 4) is 0 Å². The summed E-state index contributed by atoms with van der Waals surface area (Å²) in [5.41, 5.74) is 3.51. The van der Waals surface area contributed by atoms with E-state index in [1.54, 1.807) is 5.51 Å². The molecule has 1 amide bonds. The van der Waals surface area contributed by atoms with Crippen molar-refractivity contribution in [2.24, 2.45) is 0 Å². The highest BCUT2D eigenvalue weighted by Crippen LogP contribution is 2.33. The van der Waals surface area contributed by atoms with E-state index in [1.165, 1.54) is 28.0 Å². The minimum absolute atomic E-state index is 0.154. The predicted octanol–water partition coefficient (Wildman–Crippen LogP) is 1.89. The number of amides is 1. The molecule has 0 aliphatic carbocycles. The fraction of sp³-hybridized carbons (Fsp3) is 0.400. The van der Waals surface area contributed by atoms with Gasteiger partial charge in [-0.1, -0.05) is 30.3 Å². The van der Waals surface area contributed by atoms with Crippen LogP contribution < -0.4 is 5.32 Å². The first-order chi connectivity index (χ1) is 14.4. The van der Waals surface area contributed by atoms with Gasteiger partial charge in [0.15, 0.2) is 0 Å². The van der Waals surface area contributed by atoms with Crippen LogP contribution in [0.2, 0.25) is 0 Å². The number of carbonyl (C=O) groups is 3. The molecule has 0 bridgehead atoms. The lowest BCUT2D eigenvalue weighted by Gasteiger charge is -2.26. The molecule has 8 nitrogen and oxygen atoms in total. The summed E-state index contributed by atoms with van der Waals surface area (Å²) in [6.07, 6.45) is 0.876. The molecule has 1 saturated heterocycles. The van der Waals surface area contributed by atoms with Crippen molar-refractivity contribution in [1.82, 2.24) is 15.2 Å². The van der Waals surface area contributed by atoms with Crippen LogP contribution in [-0.2, 0) is 20.8 Å². The third kappa shape index (κ3) is 6.04. The van der Waals surface area contributed by atoms with Gasteiger partial charge in [0.2, 0.25) is 5.91 Å². The van der Waals surface area contributed by atoms with E-state index in [-0.39, 0.29) is 11.8 Å². The van der Waals surface area contributed by atoms with Crippen molar-refractivity contribution < 1.29 is 24.6 Å². The van der Waals surface area contributed by atoms with Gasteiger partial charge in [-0.3, -0.25) is 19.7 Å². The number of carboxylic acid groups (broad SMARTS) is 2. The van der Waals surface area contributed by atoms with Crippen LogP contribution in [0.4, 0.5) is 0 Å². The number of rotatable bonds is 9. The maximum atomic E-state index is 13.0. The van der Waals surface area contributed by atoms with E-state index in [1.807, 2.05) is 35.7 Å². The molecular formula is C20H23N3O5S2. The van der Waals surface area contributed by atoms with Crippen molar-refractivity contribution in [2.45, 2.75) is 30.2 Å². The van der Waals surface area contributed by atoms with Crippen LogP contribution in [0.15, 0.2) is 41.2 Å². The second-order valence-corrected chi connectivity index (χ2v) is 8.94. The normalized spacial score (nSPS) is 20.5. The predicted molar refractivity (Wildman–Crippen MR) is 115 cm³/mol. The second-order valence-electron chi connectivity index (χ2n) is 6.98. The SMILES string of the molecule is O=C(O)CN1CC(c2cscn2)SCC(NC(CCc2ccccc2)C(=O)O)C1=O.